The van der Waals surface area contributed by atoms with Crippen LogP contribution in [0.15, 0.2) is 10.6 Å². The molecule has 0 saturated carbocycles. The van der Waals surface area contributed by atoms with Gasteiger partial charge >= 0.3 is 0 Å². The van der Waals surface area contributed by atoms with Crippen LogP contribution >= 0.6 is 15.9 Å². The molecule has 0 aliphatic rings. The zero-order chi connectivity index (χ0) is 8.97. The molecular formula is C6H6BrF2NO2. The number of alkyl halides is 3. The number of nitrogens with zero attached hydrogens (tertiary/aromatic N) is 1. The SMILES string of the molecule is FC(F)COc1cc(CBr)on1. The van der Waals surface area contributed by atoms with Crippen molar-refractivity contribution in [3.8, 4) is 5.88 Å². The Morgan fingerprint density at radius 1 is 1.67 bits per heavy atom. The van der Waals surface area contributed by atoms with Gasteiger partial charge in [-0.05, 0) is 5.16 Å². The van der Waals surface area contributed by atoms with Gasteiger partial charge in [0.05, 0.1) is 5.33 Å². The summed E-state index contributed by atoms with van der Waals surface area (Å²) in [5.41, 5.74) is 0. The summed E-state index contributed by atoms with van der Waals surface area (Å²) in [6.07, 6.45) is -2.49. The second-order valence-electron chi connectivity index (χ2n) is 1.97. The van der Waals surface area contributed by atoms with Crippen molar-refractivity contribution in [2.24, 2.45) is 0 Å². The highest BCUT2D eigenvalue weighted by molar-refractivity contribution is 9.08. The molecule has 0 radical (unpaired) electrons. The molecule has 0 aromatic carbocycles. The molecule has 0 N–H and O–H groups in total. The van der Waals surface area contributed by atoms with Gasteiger partial charge in [-0.2, -0.15) is 0 Å². The van der Waals surface area contributed by atoms with E-state index in [1.165, 1.54) is 6.07 Å². The van der Waals surface area contributed by atoms with Gasteiger partial charge in [-0.25, -0.2) is 8.78 Å². The minimum absolute atomic E-state index is 0.0877. The van der Waals surface area contributed by atoms with E-state index in [4.69, 9.17) is 0 Å². The molecular weight excluding hydrogens is 236 g/mol. The van der Waals surface area contributed by atoms with Gasteiger partial charge in [-0.15, -0.1) is 0 Å². The largest absolute Gasteiger partial charge is 0.469 e. The first kappa shape index (κ1) is 9.44. The van der Waals surface area contributed by atoms with E-state index in [0.717, 1.165) is 0 Å². The van der Waals surface area contributed by atoms with Gasteiger partial charge in [0.25, 0.3) is 12.3 Å². The van der Waals surface area contributed by atoms with E-state index in [2.05, 4.69) is 30.3 Å². The van der Waals surface area contributed by atoms with Crippen molar-refractivity contribution in [2.75, 3.05) is 6.61 Å². The lowest BCUT2D eigenvalue weighted by molar-refractivity contribution is 0.0776. The second kappa shape index (κ2) is 4.39. The maximum atomic E-state index is 11.6. The molecule has 0 aliphatic carbocycles. The molecule has 1 heterocycles. The summed E-state index contributed by atoms with van der Waals surface area (Å²) in [7, 11) is 0. The molecule has 0 aliphatic heterocycles. The number of hydrogen-bond acceptors (Lipinski definition) is 3. The van der Waals surface area contributed by atoms with Gasteiger partial charge in [0.1, 0.15) is 0 Å². The van der Waals surface area contributed by atoms with E-state index < -0.39 is 13.0 Å². The van der Waals surface area contributed by atoms with Gasteiger partial charge in [-0.3, -0.25) is 0 Å². The molecule has 68 valence electrons. The Labute approximate surface area is 75.8 Å². The van der Waals surface area contributed by atoms with Crippen LogP contribution in [0.3, 0.4) is 0 Å². The molecule has 0 fully saturated rings. The van der Waals surface area contributed by atoms with E-state index in [1.54, 1.807) is 0 Å². The van der Waals surface area contributed by atoms with Crippen molar-refractivity contribution in [1.82, 2.24) is 5.16 Å². The quantitative estimate of drug-likeness (QED) is 0.759. The lowest BCUT2D eigenvalue weighted by atomic mass is 10.5. The van der Waals surface area contributed by atoms with Crippen LogP contribution in [-0.2, 0) is 5.33 Å². The van der Waals surface area contributed by atoms with E-state index in [9.17, 15) is 8.78 Å². The number of ether oxygens (including phenoxy) is 1. The third-order valence-electron chi connectivity index (χ3n) is 1.03. The Balaban J connectivity index is 2.41. The van der Waals surface area contributed by atoms with E-state index in [0.29, 0.717) is 11.1 Å². The highest BCUT2D eigenvalue weighted by Crippen LogP contribution is 2.14. The fourth-order valence-electron chi connectivity index (χ4n) is 0.573. The van der Waals surface area contributed by atoms with Crippen molar-refractivity contribution in [3.63, 3.8) is 0 Å². The number of hydrogen-bond donors (Lipinski definition) is 0. The van der Waals surface area contributed by atoms with Crippen molar-refractivity contribution in [2.45, 2.75) is 11.8 Å². The first-order valence-corrected chi connectivity index (χ1v) is 4.27. The molecule has 0 amide bonds. The van der Waals surface area contributed by atoms with Crippen LogP contribution in [0.5, 0.6) is 5.88 Å². The number of aromatic nitrogens is 1. The summed E-state index contributed by atoms with van der Waals surface area (Å²) in [5, 5.41) is 3.88. The van der Waals surface area contributed by atoms with Crippen LogP contribution < -0.4 is 4.74 Å². The smallest absolute Gasteiger partial charge is 0.272 e. The average Bonchev–Trinajstić information content (AvgIpc) is 2.48. The van der Waals surface area contributed by atoms with Crippen molar-refractivity contribution in [1.29, 1.82) is 0 Å². The monoisotopic (exact) mass is 241 g/mol. The molecule has 3 nitrogen and oxygen atoms in total. The Morgan fingerprint density at radius 3 is 2.92 bits per heavy atom. The third-order valence-corrected chi connectivity index (χ3v) is 1.58. The molecule has 1 aromatic rings. The fourth-order valence-corrected chi connectivity index (χ4v) is 0.838. The summed E-state index contributed by atoms with van der Waals surface area (Å²) < 4.78 is 32.5. The molecule has 0 bridgehead atoms. The van der Waals surface area contributed by atoms with Gasteiger partial charge < -0.3 is 9.26 Å². The molecule has 0 atom stereocenters. The minimum Gasteiger partial charge on any atom is -0.469 e. The molecule has 1 rings (SSSR count). The topological polar surface area (TPSA) is 35.3 Å². The molecule has 6 heteroatoms. The van der Waals surface area contributed by atoms with Crippen LogP contribution in [0.1, 0.15) is 5.76 Å². The van der Waals surface area contributed by atoms with Crippen LogP contribution in [0.4, 0.5) is 8.78 Å². The van der Waals surface area contributed by atoms with Gasteiger partial charge in [-0.1, -0.05) is 15.9 Å². The van der Waals surface area contributed by atoms with E-state index in [-0.39, 0.29) is 5.88 Å². The summed E-state index contributed by atoms with van der Waals surface area (Å²) >= 11 is 3.11. The normalized spacial score (nSPS) is 10.7. The van der Waals surface area contributed by atoms with Gasteiger partial charge in [0.15, 0.2) is 12.4 Å². The van der Waals surface area contributed by atoms with Crippen molar-refractivity contribution < 1.29 is 18.0 Å². The molecule has 1 aromatic heterocycles. The molecule has 0 spiro atoms. The summed E-state index contributed by atoms with van der Waals surface area (Å²) in [6.45, 7) is -0.658. The van der Waals surface area contributed by atoms with Crippen LogP contribution in [0, 0.1) is 0 Å². The van der Waals surface area contributed by atoms with Crippen molar-refractivity contribution in [3.05, 3.63) is 11.8 Å². The van der Waals surface area contributed by atoms with Crippen LogP contribution in [0.25, 0.3) is 0 Å². The Hall–Kier alpha value is -0.650. The zero-order valence-electron chi connectivity index (χ0n) is 5.97. The number of halogens is 3. The van der Waals surface area contributed by atoms with Gasteiger partial charge in [0, 0.05) is 6.07 Å². The summed E-state index contributed by atoms with van der Waals surface area (Å²) in [4.78, 5) is 0. The van der Waals surface area contributed by atoms with Crippen molar-refractivity contribution >= 4 is 15.9 Å². The predicted molar refractivity (Wildman–Crippen MR) is 40.6 cm³/mol. The number of rotatable bonds is 4. The molecule has 12 heavy (non-hydrogen) atoms. The first-order chi connectivity index (χ1) is 5.72. The predicted octanol–water partition coefficient (Wildman–Crippen LogP) is 2.21. The minimum atomic E-state index is -2.49. The summed E-state index contributed by atoms with van der Waals surface area (Å²) in [5.74, 6) is 0.629. The first-order valence-electron chi connectivity index (χ1n) is 3.15. The van der Waals surface area contributed by atoms with Crippen LogP contribution in [-0.4, -0.2) is 18.2 Å². The third kappa shape index (κ3) is 2.77. The second-order valence-corrected chi connectivity index (χ2v) is 2.53. The van der Waals surface area contributed by atoms with E-state index in [1.807, 2.05) is 0 Å². The highest BCUT2D eigenvalue weighted by Gasteiger charge is 2.07. The lowest BCUT2D eigenvalue weighted by Crippen LogP contribution is -2.06. The Kier molecular flexibility index (Phi) is 3.46. The standard InChI is InChI=1S/C6H6BrF2NO2/c7-2-4-1-6(10-12-4)11-3-5(8)9/h1,5H,2-3H2. The van der Waals surface area contributed by atoms with Crippen LogP contribution in [0.2, 0.25) is 0 Å². The molecule has 0 saturated heterocycles. The molecule has 0 unspecified atom stereocenters. The maximum Gasteiger partial charge on any atom is 0.272 e. The fraction of sp³-hybridized carbons (Fsp3) is 0.500. The summed E-state index contributed by atoms with van der Waals surface area (Å²) in [6, 6.07) is 1.46. The Bertz CT molecular complexity index is 241. The van der Waals surface area contributed by atoms with E-state index >= 15 is 0 Å². The Morgan fingerprint density at radius 2 is 2.42 bits per heavy atom. The zero-order valence-corrected chi connectivity index (χ0v) is 7.55. The maximum absolute atomic E-state index is 11.6. The lowest BCUT2D eigenvalue weighted by Gasteiger charge is -1.97. The average molecular weight is 242 g/mol. The van der Waals surface area contributed by atoms with Gasteiger partial charge in [0.2, 0.25) is 0 Å². The highest BCUT2D eigenvalue weighted by atomic mass is 79.9.